The van der Waals surface area contributed by atoms with Gasteiger partial charge in [0.15, 0.2) is 11.1 Å². The number of rotatable bonds is 11. The number of hydrogen-bond acceptors (Lipinski definition) is 6. The van der Waals surface area contributed by atoms with E-state index in [1.165, 1.54) is 24.3 Å². The van der Waals surface area contributed by atoms with Crippen molar-refractivity contribution in [3.05, 3.63) is 112 Å². The second-order valence-electron chi connectivity index (χ2n) is 8.68. The van der Waals surface area contributed by atoms with E-state index in [0.29, 0.717) is 16.7 Å². The summed E-state index contributed by atoms with van der Waals surface area (Å²) in [5, 5.41) is 23.5. The Hall–Kier alpha value is -4.45. The van der Waals surface area contributed by atoms with Crippen molar-refractivity contribution in [1.29, 1.82) is 0 Å². The zero-order valence-electron chi connectivity index (χ0n) is 20.7. The number of nitrogens with two attached hydrogens (primary N) is 3. The Labute approximate surface area is 219 Å². The minimum atomic E-state index is -1.37. The van der Waals surface area contributed by atoms with Gasteiger partial charge in [-0.3, -0.25) is 4.79 Å². The maximum Gasteiger partial charge on any atom is 0.378 e. The highest BCUT2D eigenvalue weighted by Gasteiger charge is 2.57. The fourth-order valence-corrected chi connectivity index (χ4v) is 4.67. The van der Waals surface area contributed by atoms with E-state index in [1.54, 1.807) is 60.7 Å². The molecule has 0 bridgehead atoms. The van der Waals surface area contributed by atoms with Gasteiger partial charge in [0.05, 0.1) is 6.61 Å². The van der Waals surface area contributed by atoms with Gasteiger partial charge in [-0.1, -0.05) is 72.8 Å². The predicted molar refractivity (Wildman–Crippen MR) is 144 cm³/mol. The summed E-state index contributed by atoms with van der Waals surface area (Å²) in [6, 6.07) is 22.3. The molecule has 0 aliphatic rings. The van der Waals surface area contributed by atoms with Crippen LogP contribution in [0.25, 0.3) is 0 Å². The van der Waals surface area contributed by atoms with Gasteiger partial charge in [0, 0.05) is 18.6 Å². The number of nitro groups is 1. The van der Waals surface area contributed by atoms with Crippen molar-refractivity contribution in [2.75, 3.05) is 6.54 Å². The lowest BCUT2D eigenvalue weighted by molar-refractivity contribution is -0.485. The zero-order valence-corrected chi connectivity index (χ0v) is 20.7. The van der Waals surface area contributed by atoms with E-state index in [2.05, 4.69) is 5.10 Å². The van der Waals surface area contributed by atoms with Crippen LogP contribution in [0.5, 0.6) is 0 Å². The molecule has 11 nitrogen and oxygen atoms in total. The Bertz CT molecular complexity index is 1240. The van der Waals surface area contributed by atoms with Gasteiger partial charge in [-0.15, -0.1) is 4.48 Å². The number of benzene rings is 3. The number of primary amides is 1. The van der Waals surface area contributed by atoms with E-state index in [0.717, 1.165) is 0 Å². The van der Waals surface area contributed by atoms with Crippen molar-refractivity contribution in [3.8, 4) is 0 Å². The summed E-state index contributed by atoms with van der Waals surface area (Å²) in [5.74, 6) is -3.30. The van der Waals surface area contributed by atoms with E-state index < -0.39 is 39.2 Å². The van der Waals surface area contributed by atoms with Crippen LogP contribution in [0.3, 0.4) is 0 Å². The Balaban J connectivity index is 2.45. The van der Waals surface area contributed by atoms with Crippen molar-refractivity contribution in [1.82, 2.24) is 4.48 Å². The molecule has 3 rings (SSSR count). The number of carbonyl (C=O) groups is 2. The van der Waals surface area contributed by atoms with Crippen LogP contribution in [0.2, 0.25) is 0 Å². The standard InChI is InChI=1S/C27H30N6O5/c28-17-7-12-23(25(29)35)33(27(30)31-32(37)38,22-15-13-19(18-34)14-16-22)26(36)24(20-8-3-1-4-9-20)21-10-5-2-6-11-21/h1-6,8-11,13-16,23-24,34H,7,12,17-18,28H2,(H3-,29,30,31,35)/p+1/t23?,33-/m1/s1. The fourth-order valence-electron chi connectivity index (χ4n) is 4.67. The Morgan fingerprint density at radius 1 is 0.921 bits per heavy atom. The number of quaternary nitrogens is 1. The molecular formula is C27H31N6O5+. The first-order valence-electron chi connectivity index (χ1n) is 12.0. The monoisotopic (exact) mass is 519 g/mol. The van der Waals surface area contributed by atoms with Crippen LogP contribution in [0, 0.1) is 10.1 Å². The van der Waals surface area contributed by atoms with Crippen molar-refractivity contribution in [2.24, 2.45) is 22.3 Å². The van der Waals surface area contributed by atoms with E-state index >= 15 is 0 Å². The smallest absolute Gasteiger partial charge is 0.378 e. The molecule has 0 heterocycles. The lowest BCUT2D eigenvalue weighted by atomic mass is 9.87. The number of aliphatic hydroxyl groups is 1. The molecule has 0 spiro atoms. The topological polar surface area (TPSA) is 188 Å². The third-order valence-corrected chi connectivity index (χ3v) is 6.41. The summed E-state index contributed by atoms with van der Waals surface area (Å²) >= 11 is 0. The van der Waals surface area contributed by atoms with Crippen LogP contribution < -0.4 is 21.7 Å². The van der Waals surface area contributed by atoms with Gasteiger partial charge in [-0.25, -0.2) is 14.9 Å². The lowest BCUT2D eigenvalue weighted by Gasteiger charge is -2.39. The number of carbonyl (C=O) groups excluding carboxylic acids is 2. The number of nitrogens with zero attached hydrogens (tertiary/aromatic N) is 3. The summed E-state index contributed by atoms with van der Waals surface area (Å²) < 4.78 is -1.13. The van der Waals surface area contributed by atoms with Crippen LogP contribution in [-0.4, -0.2) is 40.5 Å². The van der Waals surface area contributed by atoms with E-state index in [9.17, 15) is 24.8 Å². The number of amides is 2. The molecule has 198 valence electrons. The van der Waals surface area contributed by atoms with Gasteiger partial charge >= 0.3 is 11.9 Å². The van der Waals surface area contributed by atoms with E-state index in [4.69, 9.17) is 17.2 Å². The molecule has 0 aliphatic carbocycles. The first kappa shape index (κ1) is 28.1. The van der Waals surface area contributed by atoms with Crippen molar-refractivity contribution in [3.63, 3.8) is 0 Å². The molecule has 7 N–H and O–H groups in total. The molecular weight excluding hydrogens is 488 g/mol. The average Bonchev–Trinajstić information content (AvgIpc) is 2.92. The highest BCUT2D eigenvalue weighted by Crippen LogP contribution is 2.37. The maximum atomic E-state index is 15.0. The number of hydrogen-bond donors (Lipinski definition) is 4. The normalized spacial score (nSPS) is 14.0. The average molecular weight is 520 g/mol. The highest BCUT2D eigenvalue weighted by molar-refractivity contribution is 6.16. The van der Waals surface area contributed by atoms with Crippen LogP contribution in [-0.2, 0) is 16.2 Å². The van der Waals surface area contributed by atoms with Crippen LogP contribution in [0.4, 0.5) is 5.69 Å². The second-order valence-corrected chi connectivity index (χ2v) is 8.68. The summed E-state index contributed by atoms with van der Waals surface area (Å²) in [6.07, 6.45) is 0.284. The predicted octanol–water partition coefficient (Wildman–Crippen LogP) is 1.94. The van der Waals surface area contributed by atoms with Crippen LogP contribution in [0.15, 0.2) is 90.0 Å². The zero-order chi connectivity index (χ0) is 27.7. The number of aliphatic hydroxyl groups excluding tert-OH is 1. The van der Waals surface area contributed by atoms with Gasteiger partial charge in [0.2, 0.25) is 0 Å². The lowest BCUT2D eigenvalue weighted by Crippen LogP contribution is -2.71. The first-order chi connectivity index (χ1) is 18.3. The minimum absolute atomic E-state index is 0.00353. The molecule has 3 aromatic carbocycles. The molecule has 3 aromatic rings. The molecule has 0 aromatic heterocycles. The first-order valence-corrected chi connectivity index (χ1v) is 12.0. The van der Waals surface area contributed by atoms with Gasteiger partial charge in [0.1, 0.15) is 16.7 Å². The summed E-state index contributed by atoms with van der Waals surface area (Å²) in [5.41, 5.74) is 19.7. The maximum absolute atomic E-state index is 15.0. The van der Waals surface area contributed by atoms with Gasteiger partial charge < -0.3 is 22.3 Å². The molecule has 0 fully saturated rings. The van der Waals surface area contributed by atoms with Gasteiger partial charge in [-0.2, -0.15) is 0 Å². The van der Waals surface area contributed by atoms with Crippen LogP contribution >= 0.6 is 0 Å². The summed E-state index contributed by atoms with van der Waals surface area (Å²) in [7, 11) is 0. The quantitative estimate of drug-likeness (QED) is 0.0979. The van der Waals surface area contributed by atoms with Gasteiger partial charge in [-0.05, 0) is 29.7 Å². The summed E-state index contributed by atoms with van der Waals surface area (Å²) in [6.45, 7) is -0.107. The Morgan fingerprint density at radius 2 is 1.45 bits per heavy atom. The number of hydrazone groups is 1. The SMILES string of the molecule is NCCCC(C(N)=O)[N@+](C(=O)C(c1ccccc1)c1ccccc1)(C(N)=N[N+](=O)[O-])c1ccc(CO)cc1. The van der Waals surface area contributed by atoms with Crippen molar-refractivity contribution >= 4 is 23.5 Å². The molecule has 1 unspecified atom stereocenters. The molecule has 0 aliphatic heterocycles. The fraction of sp³-hybridized carbons (Fsp3) is 0.222. The van der Waals surface area contributed by atoms with E-state index in [-0.39, 0.29) is 31.7 Å². The van der Waals surface area contributed by atoms with Gasteiger partial charge in [0.25, 0.3) is 5.91 Å². The molecule has 38 heavy (non-hydrogen) atoms. The molecule has 0 saturated heterocycles. The molecule has 2 amide bonds. The molecule has 0 radical (unpaired) electrons. The molecule has 2 atom stereocenters. The van der Waals surface area contributed by atoms with Crippen LogP contribution in [0.1, 0.15) is 35.4 Å². The largest absolute Gasteiger partial charge is 0.392 e. The third kappa shape index (κ3) is 5.75. The Kier molecular flexibility index (Phi) is 9.39. The van der Waals surface area contributed by atoms with Crippen molar-refractivity contribution < 1.29 is 19.7 Å². The minimum Gasteiger partial charge on any atom is -0.392 e. The highest BCUT2D eigenvalue weighted by atomic mass is 16.7. The molecule has 11 heteroatoms. The Morgan fingerprint density at radius 3 is 1.87 bits per heavy atom. The number of guanidine groups is 1. The van der Waals surface area contributed by atoms with Crippen molar-refractivity contribution in [2.45, 2.75) is 31.4 Å². The van der Waals surface area contributed by atoms with E-state index in [1.807, 2.05) is 0 Å². The summed E-state index contributed by atoms with van der Waals surface area (Å²) in [4.78, 5) is 39.6. The second kappa shape index (κ2) is 12.7. The molecule has 0 saturated carbocycles. The third-order valence-electron chi connectivity index (χ3n) is 6.41.